The first-order chi connectivity index (χ1) is 9.36. The van der Waals surface area contributed by atoms with Gasteiger partial charge in [-0.2, -0.15) is 0 Å². The first-order valence-electron chi connectivity index (χ1n) is 6.69. The largest absolute Gasteiger partial charge is 0.365 e. The second kappa shape index (κ2) is 5.93. The quantitative estimate of drug-likeness (QED) is 0.787. The molecule has 0 unspecified atom stereocenters. The van der Waals surface area contributed by atoms with Crippen molar-refractivity contribution in [2.75, 3.05) is 11.4 Å². The summed E-state index contributed by atoms with van der Waals surface area (Å²) in [5, 5.41) is 3.22. The zero-order valence-electron chi connectivity index (χ0n) is 10.8. The average Bonchev–Trinajstić information content (AvgIpc) is 2.80. The van der Waals surface area contributed by atoms with Crippen molar-refractivity contribution in [1.29, 1.82) is 0 Å². The molecule has 4 heteroatoms. The van der Waals surface area contributed by atoms with Crippen LogP contribution in [0.15, 0.2) is 29.6 Å². The minimum atomic E-state index is 0.507. The van der Waals surface area contributed by atoms with Crippen LogP contribution in [0.2, 0.25) is 0 Å². The Labute approximate surface area is 123 Å². The predicted molar refractivity (Wildman–Crippen MR) is 82.1 cm³/mol. The molecule has 0 atom stereocenters. The number of hydrogen-bond donors (Lipinski definition) is 0. The highest BCUT2D eigenvalue weighted by molar-refractivity contribution is 7.09. The van der Waals surface area contributed by atoms with Gasteiger partial charge in [-0.05, 0) is 30.9 Å². The molecule has 0 spiro atoms. The molecule has 0 radical (unpaired) electrons. The molecular formula is C15H17ClN2S. The number of aryl methyl sites for hydroxylation is 1. The number of para-hydroxylation sites is 1. The summed E-state index contributed by atoms with van der Waals surface area (Å²) in [6.07, 6.45) is 3.72. The second-order valence-electron chi connectivity index (χ2n) is 4.87. The summed E-state index contributed by atoms with van der Waals surface area (Å²) >= 11 is 7.53. The van der Waals surface area contributed by atoms with Gasteiger partial charge in [0.15, 0.2) is 0 Å². The number of hydrogen-bond acceptors (Lipinski definition) is 3. The van der Waals surface area contributed by atoms with Gasteiger partial charge in [-0.25, -0.2) is 4.98 Å². The fourth-order valence-corrected chi connectivity index (χ4v) is 3.62. The standard InChI is InChI=1S/C15H17ClN2S/c16-9-13-11-19-15(17-13)10-18-8-4-3-6-12-5-1-2-7-14(12)18/h1-2,5,7,11H,3-4,6,8-10H2. The highest BCUT2D eigenvalue weighted by Crippen LogP contribution is 2.28. The molecule has 1 aromatic heterocycles. The molecule has 1 aliphatic heterocycles. The highest BCUT2D eigenvalue weighted by Gasteiger charge is 2.16. The van der Waals surface area contributed by atoms with Crippen molar-refractivity contribution in [1.82, 2.24) is 4.98 Å². The van der Waals surface area contributed by atoms with E-state index >= 15 is 0 Å². The van der Waals surface area contributed by atoms with Crippen LogP contribution in [-0.2, 0) is 18.8 Å². The summed E-state index contributed by atoms with van der Waals surface area (Å²) < 4.78 is 0. The maximum atomic E-state index is 5.82. The molecule has 2 heterocycles. The van der Waals surface area contributed by atoms with E-state index < -0.39 is 0 Å². The number of rotatable bonds is 3. The normalized spacial score (nSPS) is 15.1. The van der Waals surface area contributed by atoms with Gasteiger partial charge in [-0.15, -0.1) is 22.9 Å². The number of benzene rings is 1. The molecule has 1 aliphatic rings. The lowest BCUT2D eigenvalue weighted by atomic mass is 10.1. The van der Waals surface area contributed by atoms with Gasteiger partial charge in [0.2, 0.25) is 0 Å². The monoisotopic (exact) mass is 292 g/mol. The summed E-state index contributed by atoms with van der Waals surface area (Å²) in [7, 11) is 0. The molecule has 0 amide bonds. The molecule has 1 aromatic carbocycles. The summed E-state index contributed by atoms with van der Waals surface area (Å²) in [5.74, 6) is 0.507. The maximum Gasteiger partial charge on any atom is 0.112 e. The average molecular weight is 293 g/mol. The van der Waals surface area contributed by atoms with Gasteiger partial charge >= 0.3 is 0 Å². The van der Waals surface area contributed by atoms with E-state index in [0.29, 0.717) is 5.88 Å². The summed E-state index contributed by atoms with van der Waals surface area (Å²) in [5.41, 5.74) is 3.83. The van der Waals surface area contributed by atoms with Gasteiger partial charge in [0, 0.05) is 17.6 Å². The fourth-order valence-electron chi connectivity index (χ4n) is 2.58. The van der Waals surface area contributed by atoms with Gasteiger partial charge in [-0.1, -0.05) is 18.2 Å². The smallest absolute Gasteiger partial charge is 0.112 e. The van der Waals surface area contributed by atoms with Gasteiger partial charge in [0.05, 0.1) is 18.1 Å². The van der Waals surface area contributed by atoms with E-state index in [1.165, 1.54) is 30.5 Å². The molecule has 0 N–H and O–H groups in total. The number of aromatic nitrogens is 1. The molecule has 0 bridgehead atoms. The number of thiazole rings is 1. The number of halogens is 1. The van der Waals surface area contributed by atoms with Crippen molar-refractivity contribution in [3.63, 3.8) is 0 Å². The third kappa shape index (κ3) is 2.93. The Bertz CT molecular complexity index is 553. The number of fused-ring (bicyclic) bond motifs is 1. The molecule has 2 nitrogen and oxygen atoms in total. The predicted octanol–water partition coefficient (Wildman–Crippen LogP) is 4.22. The van der Waals surface area contributed by atoms with Crippen LogP contribution < -0.4 is 4.90 Å². The van der Waals surface area contributed by atoms with E-state index in [2.05, 4.69) is 39.5 Å². The molecule has 2 aromatic rings. The third-order valence-corrected chi connectivity index (χ3v) is 4.68. The number of nitrogens with zero attached hydrogens (tertiary/aromatic N) is 2. The molecule has 19 heavy (non-hydrogen) atoms. The van der Waals surface area contributed by atoms with Crippen molar-refractivity contribution in [2.45, 2.75) is 31.7 Å². The molecule has 3 rings (SSSR count). The van der Waals surface area contributed by atoms with Crippen LogP contribution in [0.3, 0.4) is 0 Å². The van der Waals surface area contributed by atoms with Crippen molar-refractivity contribution >= 4 is 28.6 Å². The van der Waals surface area contributed by atoms with Gasteiger partial charge < -0.3 is 4.90 Å². The van der Waals surface area contributed by atoms with Crippen LogP contribution >= 0.6 is 22.9 Å². The van der Waals surface area contributed by atoms with Gasteiger partial charge in [0.1, 0.15) is 5.01 Å². The second-order valence-corrected chi connectivity index (χ2v) is 6.08. The first-order valence-corrected chi connectivity index (χ1v) is 8.10. The van der Waals surface area contributed by atoms with Crippen LogP contribution in [0.4, 0.5) is 5.69 Å². The SMILES string of the molecule is ClCc1csc(CN2CCCCc3ccccc32)n1. The van der Waals surface area contributed by atoms with Crippen LogP contribution in [0.5, 0.6) is 0 Å². The summed E-state index contributed by atoms with van der Waals surface area (Å²) in [4.78, 5) is 7.03. The van der Waals surface area contributed by atoms with Gasteiger partial charge in [0.25, 0.3) is 0 Å². The van der Waals surface area contributed by atoms with Crippen molar-refractivity contribution < 1.29 is 0 Å². The van der Waals surface area contributed by atoms with E-state index in [4.69, 9.17) is 11.6 Å². The van der Waals surface area contributed by atoms with Crippen LogP contribution in [0.25, 0.3) is 0 Å². The fraction of sp³-hybridized carbons (Fsp3) is 0.400. The Kier molecular flexibility index (Phi) is 4.04. The van der Waals surface area contributed by atoms with Crippen molar-refractivity contribution in [2.24, 2.45) is 0 Å². The lowest BCUT2D eigenvalue weighted by Gasteiger charge is -2.23. The minimum Gasteiger partial charge on any atom is -0.365 e. The molecule has 0 saturated carbocycles. The van der Waals surface area contributed by atoms with E-state index in [-0.39, 0.29) is 0 Å². The zero-order chi connectivity index (χ0) is 13.1. The van der Waals surface area contributed by atoms with E-state index in [1.807, 2.05) is 0 Å². The van der Waals surface area contributed by atoms with Crippen LogP contribution in [0, 0.1) is 0 Å². The number of alkyl halides is 1. The zero-order valence-corrected chi connectivity index (χ0v) is 12.4. The molecule has 0 saturated heterocycles. The Balaban J connectivity index is 1.83. The minimum absolute atomic E-state index is 0.507. The molecule has 100 valence electrons. The molecule has 0 aliphatic carbocycles. The van der Waals surface area contributed by atoms with E-state index in [9.17, 15) is 0 Å². The number of anilines is 1. The van der Waals surface area contributed by atoms with Crippen molar-refractivity contribution in [3.05, 3.63) is 45.9 Å². The summed E-state index contributed by atoms with van der Waals surface area (Å²) in [6.45, 7) is 2.02. The Morgan fingerprint density at radius 1 is 1.26 bits per heavy atom. The topological polar surface area (TPSA) is 16.1 Å². The van der Waals surface area contributed by atoms with Gasteiger partial charge in [-0.3, -0.25) is 0 Å². The molecular weight excluding hydrogens is 276 g/mol. The molecule has 0 fully saturated rings. The Morgan fingerprint density at radius 3 is 3.00 bits per heavy atom. The highest BCUT2D eigenvalue weighted by atomic mass is 35.5. The maximum absolute atomic E-state index is 5.82. The third-order valence-electron chi connectivity index (χ3n) is 3.52. The Hall–Kier alpha value is -1.06. The van der Waals surface area contributed by atoms with Crippen LogP contribution in [-0.4, -0.2) is 11.5 Å². The summed E-state index contributed by atoms with van der Waals surface area (Å²) in [6, 6.07) is 8.75. The lowest BCUT2D eigenvalue weighted by molar-refractivity contribution is 0.712. The van der Waals surface area contributed by atoms with Crippen LogP contribution in [0.1, 0.15) is 29.1 Å². The van der Waals surface area contributed by atoms with E-state index in [1.54, 1.807) is 11.3 Å². The first kappa shape index (κ1) is 12.9. The van der Waals surface area contributed by atoms with Crippen molar-refractivity contribution in [3.8, 4) is 0 Å². The lowest BCUT2D eigenvalue weighted by Crippen LogP contribution is -2.23. The van der Waals surface area contributed by atoms with E-state index in [0.717, 1.165) is 23.8 Å². The Morgan fingerprint density at radius 2 is 2.16 bits per heavy atom.